The minimum atomic E-state index is -3.46. The lowest BCUT2D eigenvalue weighted by Crippen LogP contribution is -2.26. The molecule has 0 aliphatic carbocycles. The van der Waals surface area contributed by atoms with Crippen LogP contribution in [0.25, 0.3) is 0 Å². The summed E-state index contributed by atoms with van der Waals surface area (Å²) in [5, 5.41) is 0. The van der Waals surface area contributed by atoms with Crippen molar-refractivity contribution < 1.29 is 13.2 Å². The van der Waals surface area contributed by atoms with E-state index < -0.39 is 10.0 Å². The molecule has 0 aliphatic rings. The third kappa shape index (κ3) is 4.05. The summed E-state index contributed by atoms with van der Waals surface area (Å²) in [5.74, 6) is 0. The molecular weight excluding hydrogens is 318 g/mol. The van der Waals surface area contributed by atoms with Gasteiger partial charge in [-0.2, -0.15) is 0 Å². The van der Waals surface area contributed by atoms with Gasteiger partial charge in [0.25, 0.3) is 0 Å². The predicted octanol–water partition coefficient (Wildman–Crippen LogP) is 2.38. The summed E-state index contributed by atoms with van der Waals surface area (Å²) in [4.78, 5) is 0.281. The average Bonchev–Trinajstić information content (AvgIpc) is 2.29. The molecule has 1 N–H and O–H groups in total. The van der Waals surface area contributed by atoms with Crippen LogP contribution in [0, 0.1) is 13.8 Å². The Hall–Kier alpha value is -0.430. The molecule has 1 rings (SSSR count). The van der Waals surface area contributed by atoms with Gasteiger partial charge in [0.05, 0.1) is 4.90 Å². The van der Waals surface area contributed by atoms with Crippen molar-refractivity contribution in [3.05, 3.63) is 27.7 Å². The van der Waals surface area contributed by atoms with E-state index in [1.54, 1.807) is 13.2 Å². The molecule has 1 aromatic carbocycles. The van der Waals surface area contributed by atoms with Crippen molar-refractivity contribution in [1.82, 2.24) is 4.72 Å². The normalized spacial score (nSPS) is 11.8. The van der Waals surface area contributed by atoms with E-state index in [-0.39, 0.29) is 4.90 Å². The van der Waals surface area contributed by atoms with E-state index in [9.17, 15) is 8.42 Å². The first-order valence-corrected chi connectivity index (χ1v) is 7.91. The molecular formula is C12H18BrNO3S. The molecule has 6 heteroatoms. The summed E-state index contributed by atoms with van der Waals surface area (Å²) in [7, 11) is -1.87. The zero-order chi connectivity index (χ0) is 13.8. The zero-order valence-corrected chi connectivity index (χ0v) is 13.2. The van der Waals surface area contributed by atoms with E-state index in [2.05, 4.69) is 20.7 Å². The lowest BCUT2D eigenvalue weighted by Gasteiger charge is -2.10. The van der Waals surface area contributed by atoms with Gasteiger partial charge < -0.3 is 4.74 Å². The van der Waals surface area contributed by atoms with Gasteiger partial charge in [0.2, 0.25) is 10.0 Å². The van der Waals surface area contributed by atoms with Crippen molar-refractivity contribution in [2.75, 3.05) is 20.3 Å². The summed E-state index contributed by atoms with van der Waals surface area (Å²) >= 11 is 3.30. The van der Waals surface area contributed by atoms with Gasteiger partial charge in [0, 0.05) is 24.7 Å². The highest BCUT2D eigenvalue weighted by Crippen LogP contribution is 2.25. The van der Waals surface area contributed by atoms with E-state index in [0.29, 0.717) is 24.0 Å². The van der Waals surface area contributed by atoms with Crippen LogP contribution in [0.4, 0.5) is 0 Å². The summed E-state index contributed by atoms with van der Waals surface area (Å²) in [6, 6.07) is 3.50. The summed E-state index contributed by atoms with van der Waals surface area (Å²) < 4.78 is 32.2. The number of ether oxygens (including phenoxy) is 1. The number of hydrogen-bond acceptors (Lipinski definition) is 3. The number of halogens is 1. The second-order valence-electron chi connectivity index (χ2n) is 4.11. The molecule has 102 valence electrons. The van der Waals surface area contributed by atoms with Gasteiger partial charge in [0.1, 0.15) is 0 Å². The van der Waals surface area contributed by atoms with E-state index in [4.69, 9.17) is 4.74 Å². The SMILES string of the molecule is COCCCNS(=O)(=O)c1cc(C)c(C)cc1Br. The number of aryl methyl sites for hydroxylation is 2. The van der Waals surface area contributed by atoms with Crippen LogP contribution in [0.1, 0.15) is 17.5 Å². The van der Waals surface area contributed by atoms with Gasteiger partial charge in [-0.25, -0.2) is 13.1 Å². The number of hydrogen-bond donors (Lipinski definition) is 1. The molecule has 0 radical (unpaired) electrons. The molecule has 18 heavy (non-hydrogen) atoms. The molecule has 0 bridgehead atoms. The monoisotopic (exact) mass is 335 g/mol. The van der Waals surface area contributed by atoms with Gasteiger partial charge in [-0.1, -0.05) is 0 Å². The van der Waals surface area contributed by atoms with E-state index in [0.717, 1.165) is 11.1 Å². The maximum absolute atomic E-state index is 12.1. The average molecular weight is 336 g/mol. The second kappa shape index (κ2) is 6.65. The Bertz CT molecular complexity index is 514. The Balaban J connectivity index is 2.88. The smallest absolute Gasteiger partial charge is 0.241 e. The zero-order valence-electron chi connectivity index (χ0n) is 10.8. The standard InChI is InChI=1S/C12H18BrNO3S/c1-9-7-11(13)12(8-10(9)2)18(15,16)14-5-4-6-17-3/h7-8,14H,4-6H2,1-3H3. The van der Waals surface area contributed by atoms with Crippen molar-refractivity contribution in [2.24, 2.45) is 0 Å². The van der Waals surface area contributed by atoms with E-state index in [1.165, 1.54) is 0 Å². The predicted molar refractivity (Wildman–Crippen MR) is 75.3 cm³/mol. The molecule has 0 amide bonds. The summed E-state index contributed by atoms with van der Waals surface area (Å²) in [5.41, 5.74) is 2.01. The van der Waals surface area contributed by atoms with Gasteiger partial charge >= 0.3 is 0 Å². The van der Waals surface area contributed by atoms with Crippen molar-refractivity contribution in [3.63, 3.8) is 0 Å². The lowest BCUT2D eigenvalue weighted by molar-refractivity contribution is 0.196. The molecule has 0 fully saturated rings. The molecule has 4 nitrogen and oxygen atoms in total. The molecule has 0 unspecified atom stereocenters. The molecule has 0 aromatic heterocycles. The first kappa shape index (κ1) is 15.6. The number of nitrogens with one attached hydrogen (secondary N) is 1. The van der Waals surface area contributed by atoms with Crippen molar-refractivity contribution in [1.29, 1.82) is 0 Å². The maximum Gasteiger partial charge on any atom is 0.241 e. The van der Waals surface area contributed by atoms with Gasteiger partial charge in [-0.05, 0) is 59.5 Å². The van der Waals surface area contributed by atoms with E-state index in [1.807, 2.05) is 19.9 Å². The molecule has 0 aliphatic heterocycles. The fraction of sp³-hybridized carbons (Fsp3) is 0.500. The van der Waals surface area contributed by atoms with Crippen LogP contribution in [-0.2, 0) is 14.8 Å². The molecule has 0 saturated carbocycles. The van der Waals surface area contributed by atoms with Crippen molar-refractivity contribution >= 4 is 26.0 Å². The Morgan fingerprint density at radius 3 is 2.50 bits per heavy atom. The molecule has 1 aromatic rings. The van der Waals surface area contributed by atoms with Crippen LogP contribution < -0.4 is 4.72 Å². The number of benzene rings is 1. The molecule has 0 atom stereocenters. The van der Waals surface area contributed by atoms with Crippen molar-refractivity contribution in [2.45, 2.75) is 25.2 Å². The van der Waals surface area contributed by atoms with Gasteiger partial charge in [-0.3, -0.25) is 0 Å². The Kier molecular flexibility index (Phi) is 5.78. The quantitative estimate of drug-likeness (QED) is 0.812. The Morgan fingerprint density at radius 2 is 1.89 bits per heavy atom. The van der Waals surface area contributed by atoms with Gasteiger partial charge in [-0.15, -0.1) is 0 Å². The second-order valence-corrected chi connectivity index (χ2v) is 6.70. The number of rotatable bonds is 6. The third-order valence-corrected chi connectivity index (χ3v) is 5.07. The molecule has 0 saturated heterocycles. The highest BCUT2D eigenvalue weighted by molar-refractivity contribution is 9.10. The summed E-state index contributed by atoms with van der Waals surface area (Å²) in [6.07, 6.45) is 0.651. The topological polar surface area (TPSA) is 55.4 Å². The van der Waals surface area contributed by atoms with Crippen LogP contribution in [-0.4, -0.2) is 28.7 Å². The van der Waals surface area contributed by atoms with Crippen LogP contribution >= 0.6 is 15.9 Å². The molecule has 0 heterocycles. The van der Waals surface area contributed by atoms with Crippen LogP contribution in [0.3, 0.4) is 0 Å². The Morgan fingerprint density at radius 1 is 1.28 bits per heavy atom. The fourth-order valence-corrected chi connectivity index (χ4v) is 3.77. The molecule has 0 spiro atoms. The third-order valence-electron chi connectivity index (χ3n) is 2.66. The first-order valence-electron chi connectivity index (χ1n) is 5.64. The lowest BCUT2D eigenvalue weighted by atomic mass is 10.1. The highest BCUT2D eigenvalue weighted by Gasteiger charge is 2.17. The largest absolute Gasteiger partial charge is 0.385 e. The summed E-state index contributed by atoms with van der Waals surface area (Å²) in [6.45, 7) is 4.75. The van der Waals surface area contributed by atoms with Crippen LogP contribution in [0.5, 0.6) is 0 Å². The van der Waals surface area contributed by atoms with Crippen LogP contribution in [0.2, 0.25) is 0 Å². The minimum Gasteiger partial charge on any atom is -0.385 e. The highest BCUT2D eigenvalue weighted by atomic mass is 79.9. The first-order chi connectivity index (χ1) is 8.38. The van der Waals surface area contributed by atoms with Gasteiger partial charge in [0.15, 0.2) is 0 Å². The van der Waals surface area contributed by atoms with Crippen molar-refractivity contribution in [3.8, 4) is 0 Å². The Labute approximate surface area is 117 Å². The maximum atomic E-state index is 12.1. The van der Waals surface area contributed by atoms with E-state index >= 15 is 0 Å². The van der Waals surface area contributed by atoms with Crippen LogP contribution in [0.15, 0.2) is 21.5 Å². The number of methoxy groups -OCH3 is 1. The number of sulfonamides is 1. The minimum absolute atomic E-state index is 0.281. The fourth-order valence-electron chi connectivity index (χ4n) is 1.46.